The van der Waals surface area contributed by atoms with Gasteiger partial charge in [0, 0.05) is 24.5 Å². The summed E-state index contributed by atoms with van der Waals surface area (Å²) in [5, 5.41) is 6.65. The van der Waals surface area contributed by atoms with Gasteiger partial charge in [-0.1, -0.05) is 19.3 Å². The fourth-order valence-corrected chi connectivity index (χ4v) is 2.71. The second-order valence-electron chi connectivity index (χ2n) is 5.31. The normalized spacial score (nSPS) is 30.2. The van der Waals surface area contributed by atoms with E-state index in [1.165, 1.54) is 32.1 Å². The van der Waals surface area contributed by atoms with Crippen LogP contribution in [0.25, 0.3) is 0 Å². The van der Waals surface area contributed by atoms with Crippen molar-refractivity contribution < 1.29 is 4.79 Å². The van der Waals surface area contributed by atoms with Crippen molar-refractivity contribution >= 4 is 5.91 Å². The standard InChI is InChI=1S/C12H22N2O/c1-12(7-3-2-4-8-12)13-9-10-5-6-11(15)14-10/h10,13H,2-9H2,1H3,(H,14,15). The number of hydrogen-bond donors (Lipinski definition) is 2. The van der Waals surface area contributed by atoms with Gasteiger partial charge in [-0.3, -0.25) is 4.79 Å². The van der Waals surface area contributed by atoms with Crippen LogP contribution in [0.1, 0.15) is 51.9 Å². The molecular weight excluding hydrogens is 188 g/mol. The first kappa shape index (κ1) is 10.9. The van der Waals surface area contributed by atoms with Crippen molar-refractivity contribution in [2.45, 2.75) is 63.5 Å². The highest BCUT2D eigenvalue weighted by atomic mass is 16.1. The zero-order chi connectivity index (χ0) is 10.7. The van der Waals surface area contributed by atoms with Crippen LogP contribution in [0.5, 0.6) is 0 Å². The van der Waals surface area contributed by atoms with Gasteiger partial charge in [-0.2, -0.15) is 0 Å². The number of nitrogens with one attached hydrogen (secondary N) is 2. The van der Waals surface area contributed by atoms with E-state index in [1.807, 2.05) is 0 Å². The smallest absolute Gasteiger partial charge is 0.220 e. The van der Waals surface area contributed by atoms with Crippen LogP contribution >= 0.6 is 0 Å². The molecule has 3 heteroatoms. The second kappa shape index (κ2) is 4.52. The van der Waals surface area contributed by atoms with Crippen LogP contribution < -0.4 is 10.6 Å². The molecule has 1 saturated heterocycles. The van der Waals surface area contributed by atoms with Crippen LogP contribution in [0, 0.1) is 0 Å². The predicted octanol–water partition coefficient (Wildman–Crippen LogP) is 1.58. The van der Waals surface area contributed by atoms with Crippen molar-refractivity contribution in [1.82, 2.24) is 10.6 Å². The zero-order valence-corrected chi connectivity index (χ0v) is 9.64. The largest absolute Gasteiger partial charge is 0.352 e. The number of rotatable bonds is 3. The minimum atomic E-state index is 0.218. The number of hydrogen-bond acceptors (Lipinski definition) is 2. The van der Waals surface area contributed by atoms with Crippen LogP contribution in [0.2, 0.25) is 0 Å². The SMILES string of the molecule is CC1(NCC2CCC(=O)N2)CCCCC1. The van der Waals surface area contributed by atoms with Gasteiger partial charge in [-0.05, 0) is 26.2 Å². The molecule has 0 aromatic rings. The fourth-order valence-electron chi connectivity index (χ4n) is 2.71. The third-order valence-corrected chi connectivity index (χ3v) is 3.82. The maximum Gasteiger partial charge on any atom is 0.220 e. The van der Waals surface area contributed by atoms with Crippen molar-refractivity contribution in [1.29, 1.82) is 0 Å². The molecule has 1 aliphatic heterocycles. The van der Waals surface area contributed by atoms with E-state index in [0.717, 1.165) is 13.0 Å². The van der Waals surface area contributed by atoms with E-state index < -0.39 is 0 Å². The Hall–Kier alpha value is -0.570. The summed E-state index contributed by atoms with van der Waals surface area (Å²) in [5.74, 6) is 0.218. The first-order valence-corrected chi connectivity index (χ1v) is 6.22. The molecule has 0 aromatic heterocycles. The van der Waals surface area contributed by atoms with Crippen LogP contribution in [0.3, 0.4) is 0 Å². The molecule has 0 radical (unpaired) electrons. The molecule has 0 aromatic carbocycles. The van der Waals surface area contributed by atoms with Crippen molar-refractivity contribution in [2.75, 3.05) is 6.54 Å². The van der Waals surface area contributed by atoms with Crippen molar-refractivity contribution in [3.63, 3.8) is 0 Å². The predicted molar refractivity (Wildman–Crippen MR) is 60.7 cm³/mol. The zero-order valence-electron chi connectivity index (χ0n) is 9.64. The summed E-state index contributed by atoms with van der Waals surface area (Å²) in [7, 11) is 0. The topological polar surface area (TPSA) is 41.1 Å². The molecule has 2 rings (SSSR count). The van der Waals surface area contributed by atoms with Crippen molar-refractivity contribution in [3.05, 3.63) is 0 Å². The van der Waals surface area contributed by atoms with E-state index >= 15 is 0 Å². The molecule has 2 aliphatic rings. The third-order valence-electron chi connectivity index (χ3n) is 3.82. The summed E-state index contributed by atoms with van der Waals surface area (Å²) < 4.78 is 0. The lowest BCUT2D eigenvalue weighted by atomic mass is 9.83. The van der Waals surface area contributed by atoms with Gasteiger partial charge < -0.3 is 10.6 Å². The maximum atomic E-state index is 11.0. The van der Waals surface area contributed by atoms with E-state index in [0.29, 0.717) is 18.0 Å². The van der Waals surface area contributed by atoms with Gasteiger partial charge in [-0.25, -0.2) is 0 Å². The van der Waals surface area contributed by atoms with Gasteiger partial charge in [0.15, 0.2) is 0 Å². The minimum absolute atomic E-state index is 0.218. The lowest BCUT2D eigenvalue weighted by Crippen LogP contribution is -2.49. The minimum Gasteiger partial charge on any atom is -0.352 e. The second-order valence-corrected chi connectivity index (χ2v) is 5.31. The van der Waals surface area contributed by atoms with E-state index in [1.54, 1.807) is 0 Å². The average molecular weight is 210 g/mol. The molecule has 2 fully saturated rings. The fraction of sp³-hybridized carbons (Fsp3) is 0.917. The summed E-state index contributed by atoms with van der Waals surface area (Å²) in [6, 6.07) is 0.372. The number of amides is 1. The van der Waals surface area contributed by atoms with E-state index in [2.05, 4.69) is 17.6 Å². The molecule has 1 aliphatic carbocycles. The van der Waals surface area contributed by atoms with E-state index in [4.69, 9.17) is 0 Å². The molecule has 2 N–H and O–H groups in total. The summed E-state index contributed by atoms with van der Waals surface area (Å²) in [5.41, 5.74) is 0.325. The van der Waals surface area contributed by atoms with Gasteiger partial charge in [0.05, 0.1) is 0 Å². The van der Waals surface area contributed by atoms with Gasteiger partial charge in [0.2, 0.25) is 5.91 Å². The Morgan fingerprint density at radius 2 is 2.13 bits per heavy atom. The average Bonchev–Trinajstić information content (AvgIpc) is 2.63. The summed E-state index contributed by atoms with van der Waals surface area (Å²) in [6.07, 6.45) is 8.37. The quantitative estimate of drug-likeness (QED) is 0.742. The first-order chi connectivity index (χ1) is 7.18. The van der Waals surface area contributed by atoms with Crippen LogP contribution in [-0.4, -0.2) is 24.0 Å². The van der Waals surface area contributed by atoms with Crippen LogP contribution in [-0.2, 0) is 4.79 Å². The Kier molecular flexibility index (Phi) is 3.29. The van der Waals surface area contributed by atoms with E-state index in [-0.39, 0.29) is 5.91 Å². The third kappa shape index (κ3) is 2.94. The molecule has 0 spiro atoms. The molecule has 1 atom stereocenters. The van der Waals surface area contributed by atoms with Gasteiger partial charge in [0.25, 0.3) is 0 Å². The monoisotopic (exact) mass is 210 g/mol. The Morgan fingerprint density at radius 3 is 2.73 bits per heavy atom. The first-order valence-electron chi connectivity index (χ1n) is 6.22. The molecule has 86 valence electrons. The van der Waals surface area contributed by atoms with Gasteiger partial charge >= 0.3 is 0 Å². The molecular formula is C12H22N2O. The van der Waals surface area contributed by atoms with Crippen molar-refractivity contribution in [2.24, 2.45) is 0 Å². The van der Waals surface area contributed by atoms with Gasteiger partial charge in [0.1, 0.15) is 0 Å². The lowest BCUT2D eigenvalue weighted by molar-refractivity contribution is -0.119. The Labute approximate surface area is 92.0 Å². The summed E-state index contributed by atoms with van der Waals surface area (Å²) in [6.45, 7) is 3.27. The van der Waals surface area contributed by atoms with Gasteiger partial charge in [-0.15, -0.1) is 0 Å². The molecule has 1 unspecified atom stereocenters. The lowest BCUT2D eigenvalue weighted by Gasteiger charge is -2.35. The Balaban J connectivity index is 1.74. The molecule has 3 nitrogen and oxygen atoms in total. The highest BCUT2D eigenvalue weighted by molar-refractivity contribution is 5.78. The van der Waals surface area contributed by atoms with E-state index in [9.17, 15) is 4.79 Å². The molecule has 1 amide bonds. The molecule has 0 bridgehead atoms. The maximum absolute atomic E-state index is 11.0. The van der Waals surface area contributed by atoms with Crippen LogP contribution in [0.15, 0.2) is 0 Å². The molecule has 1 saturated carbocycles. The number of carbonyl (C=O) groups excluding carboxylic acids is 1. The molecule has 1 heterocycles. The highest BCUT2D eigenvalue weighted by Crippen LogP contribution is 2.27. The van der Waals surface area contributed by atoms with Crippen molar-refractivity contribution in [3.8, 4) is 0 Å². The number of carbonyl (C=O) groups is 1. The van der Waals surface area contributed by atoms with Crippen LogP contribution in [0.4, 0.5) is 0 Å². The summed E-state index contributed by atoms with van der Waals surface area (Å²) >= 11 is 0. The molecule has 15 heavy (non-hydrogen) atoms. The summed E-state index contributed by atoms with van der Waals surface area (Å²) in [4.78, 5) is 11.0. The highest BCUT2D eigenvalue weighted by Gasteiger charge is 2.28. The Morgan fingerprint density at radius 1 is 1.40 bits per heavy atom. The Bertz CT molecular complexity index is 234.